The molecule has 6 heteroatoms. The summed E-state index contributed by atoms with van der Waals surface area (Å²) >= 11 is 5.89. The lowest BCUT2D eigenvalue weighted by atomic mass is 10.2. The average Bonchev–Trinajstić information content (AvgIpc) is 2.38. The first kappa shape index (κ1) is 16.0. The number of hydrogen-bond donors (Lipinski definition) is 0. The van der Waals surface area contributed by atoms with E-state index < -0.39 is 10.0 Å². The van der Waals surface area contributed by atoms with E-state index >= 15 is 0 Å². The van der Waals surface area contributed by atoms with Crippen LogP contribution in [0.4, 0.5) is 0 Å². The van der Waals surface area contributed by atoms with Crippen LogP contribution >= 0.6 is 11.6 Å². The first-order valence-corrected chi connectivity index (χ1v) is 7.91. The van der Waals surface area contributed by atoms with Crippen molar-refractivity contribution in [1.29, 1.82) is 5.26 Å². The summed E-state index contributed by atoms with van der Waals surface area (Å²) in [5.41, 5.74) is 0.271. The van der Waals surface area contributed by atoms with E-state index in [1.54, 1.807) is 6.92 Å². The van der Waals surface area contributed by atoms with E-state index in [4.69, 9.17) is 16.9 Å². The Morgan fingerprint density at radius 1 is 1.42 bits per heavy atom. The summed E-state index contributed by atoms with van der Waals surface area (Å²) in [4.78, 5) is 0.124. The van der Waals surface area contributed by atoms with Gasteiger partial charge in [0.25, 0.3) is 0 Å². The van der Waals surface area contributed by atoms with Crippen LogP contribution in [0.3, 0.4) is 0 Å². The molecule has 0 saturated heterocycles. The number of rotatable bonds is 5. The van der Waals surface area contributed by atoms with Crippen LogP contribution < -0.4 is 0 Å². The van der Waals surface area contributed by atoms with E-state index in [9.17, 15) is 8.42 Å². The lowest BCUT2D eigenvalue weighted by molar-refractivity contribution is 0.342. The Hall–Kier alpha value is -1.09. The van der Waals surface area contributed by atoms with Crippen LogP contribution in [0.5, 0.6) is 0 Å². The monoisotopic (exact) mass is 300 g/mol. The van der Waals surface area contributed by atoms with Crippen molar-refractivity contribution < 1.29 is 8.42 Å². The first-order chi connectivity index (χ1) is 8.88. The van der Waals surface area contributed by atoms with Crippen molar-refractivity contribution in [2.45, 2.75) is 38.1 Å². The van der Waals surface area contributed by atoms with Crippen molar-refractivity contribution in [3.63, 3.8) is 0 Å². The van der Waals surface area contributed by atoms with Crippen molar-refractivity contribution in [1.82, 2.24) is 4.31 Å². The van der Waals surface area contributed by atoms with E-state index in [0.29, 0.717) is 6.54 Å². The second kappa shape index (κ2) is 6.38. The summed E-state index contributed by atoms with van der Waals surface area (Å²) in [6, 6.07) is 6.02. The van der Waals surface area contributed by atoms with Crippen LogP contribution in [0.1, 0.15) is 32.8 Å². The summed E-state index contributed by atoms with van der Waals surface area (Å²) in [6.45, 7) is 6.00. The maximum atomic E-state index is 12.5. The number of halogens is 1. The number of hydrogen-bond acceptors (Lipinski definition) is 3. The van der Waals surface area contributed by atoms with Gasteiger partial charge < -0.3 is 0 Å². The molecule has 19 heavy (non-hydrogen) atoms. The van der Waals surface area contributed by atoms with Crippen molar-refractivity contribution in [3.8, 4) is 6.07 Å². The van der Waals surface area contributed by atoms with Gasteiger partial charge in [-0.2, -0.15) is 9.57 Å². The Morgan fingerprint density at radius 3 is 2.47 bits per heavy atom. The molecule has 0 aliphatic heterocycles. The Kier molecular flexibility index (Phi) is 5.36. The maximum Gasteiger partial charge on any atom is 0.243 e. The molecule has 0 spiro atoms. The molecule has 0 saturated carbocycles. The van der Waals surface area contributed by atoms with E-state index in [0.717, 1.165) is 6.42 Å². The topological polar surface area (TPSA) is 61.2 Å². The standard InChI is InChI=1S/C13H17ClN2O2S/c1-4-10(3)16(5-2)19(17,18)12-7-6-11(9-15)13(14)8-12/h6-8,10H,4-5H2,1-3H3. The van der Waals surface area contributed by atoms with Gasteiger partial charge in [0.1, 0.15) is 6.07 Å². The van der Waals surface area contributed by atoms with Crippen molar-refractivity contribution >= 4 is 21.6 Å². The van der Waals surface area contributed by atoms with Gasteiger partial charge in [-0.1, -0.05) is 25.4 Å². The van der Waals surface area contributed by atoms with Crippen LogP contribution in [-0.2, 0) is 10.0 Å². The molecule has 0 radical (unpaired) electrons. The van der Waals surface area contributed by atoms with Gasteiger partial charge >= 0.3 is 0 Å². The summed E-state index contributed by atoms with van der Waals surface area (Å²) in [7, 11) is -3.57. The van der Waals surface area contributed by atoms with E-state index in [1.165, 1.54) is 22.5 Å². The van der Waals surface area contributed by atoms with Crippen molar-refractivity contribution in [2.24, 2.45) is 0 Å². The Morgan fingerprint density at radius 2 is 2.05 bits per heavy atom. The molecule has 0 aliphatic rings. The Balaban J connectivity index is 3.27. The molecule has 0 heterocycles. The minimum absolute atomic E-state index is 0.0792. The molecular formula is C13H17ClN2O2S. The molecule has 0 aromatic heterocycles. The first-order valence-electron chi connectivity index (χ1n) is 6.09. The van der Waals surface area contributed by atoms with Crippen LogP contribution in [0.15, 0.2) is 23.1 Å². The van der Waals surface area contributed by atoms with Gasteiger partial charge in [-0.15, -0.1) is 0 Å². The Labute approximate surface area is 119 Å². The fourth-order valence-electron chi connectivity index (χ4n) is 1.80. The second-order valence-corrected chi connectivity index (χ2v) is 6.52. The third kappa shape index (κ3) is 3.27. The molecule has 1 aromatic carbocycles. The summed E-state index contributed by atoms with van der Waals surface area (Å²) in [5, 5.41) is 8.96. The minimum Gasteiger partial charge on any atom is -0.207 e. The molecule has 1 unspecified atom stereocenters. The largest absolute Gasteiger partial charge is 0.243 e. The third-order valence-electron chi connectivity index (χ3n) is 3.06. The number of benzene rings is 1. The molecule has 1 atom stereocenters. The lowest BCUT2D eigenvalue weighted by Crippen LogP contribution is -2.38. The van der Waals surface area contributed by atoms with Crippen molar-refractivity contribution in [2.75, 3.05) is 6.54 Å². The normalized spacial score (nSPS) is 13.3. The molecule has 1 rings (SSSR count). The molecule has 1 aromatic rings. The predicted octanol–water partition coefficient (Wildman–Crippen LogP) is 3.02. The molecular weight excluding hydrogens is 284 g/mol. The fourth-order valence-corrected chi connectivity index (χ4v) is 3.83. The summed E-state index contributed by atoms with van der Waals surface area (Å²) in [6.07, 6.45) is 0.733. The molecule has 0 fully saturated rings. The minimum atomic E-state index is -3.57. The van der Waals surface area contributed by atoms with Gasteiger partial charge in [-0.3, -0.25) is 0 Å². The van der Waals surface area contributed by atoms with Crippen molar-refractivity contribution in [3.05, 3.63) is 28.8 Å². The highest BCUT2D eigenvalue weighted by atomic mass is 35.5. The maximum absolute atomic E-state index is 12.5. The zero-order valence-corrected chi connectivity index (χ0v) is 12.8. The van der Waals surface area contributed by atoms with E-state index in [1.807, 2.05) is 19.9 Å². The summed E-state index contributed by atoms with van der Waals surface area (Å²) < 4.78 is 26.4. The number of sulfonamides is 1. The van der Waals surface area contributed by atoms with E-state index in [-0.39, 0.29) is 21.5 Å². The van der Waals surface area contributed by atoms with Gasteiger partial charge in [-0.05, 0) is 31.5 Å². The fraction of sp³-hybridized carbons (Fsp3) is 0.462. The number of nitrogens with zero attached hydrogens (tertiary/aromatic N) is 2. The highest BCUT2D eigenvalue weighted by Gasteiger charge is 2.27. The van der Waals surface area contributed by atoms with Crippen LogP contribution in [0.2, 0.25) is 5.02 Å². The molecule has 0 aliphatic carbocycles. The molecule has 0 N–H and O–H groups in total. The van der Waals surface area contributed by atoms with Crippen LogP contribution in [-0.4, -0.2) is 25.3 Å². The average molecular weight is 301 g/mol. The SMILES string of the molecule is CCC(C)N(CC)S(=O)(=O)c1ccc(C#N)c(Cl)c1. The Bertz CT molecular complexity index is 593. The van der Waals surface area contributed by atoms with Crippen LogP contribution in [0.25, 0.3) is 0 Å². The zero-order chi connectivity index (χ0) is 14.6. The highest BCUT2D eigenvalue weighted by Crippen LogP contribution is 2.24. The van der Waals surface area contributed by atoms with Gasteiger partial charge in [-0.25, -0.2) is 8.42 Å². The van der Waals surface area contributed by atoms with Gasteiger partial charge in [0.2, 0.25) is 10.0 Å². The molecule has 4 nitrogen and oxygen atoms in total. The zero-order valence-electron chi connectivity index (χ0n) is 11.2. The second-order valence-electron chi connectivity index (χ2n) is 4.22. The van der Waals surface area contributed by atoms with Gasteiger partial charge in [0, 0.05) is 12.6 Å². The molecule has 0 amide bonds. The summed E-state index contributed by atoms with van der Waals surface area (Å²) in [5.74, 6) is 0. The van der Waals surface area contributed by atoms with Crippen LogP contribution in [0, 0.1) is 11.3 Å². The predicted molar refractivity (Wildman–Crippen MR) is 75.5 cm³/mol. The highest BCUT2D eigenvalue weighted by molar-refractivity contribution is 7.89. The third-order valence-corrected chi connectivity index (χ3v) is 5.46. The smallest absolute Gasteiger partial charge is 0.207 e. The molecule has 0 bridgehead atoms. The quantitative estimate of drug-likeness (QED) is 0.839. The van der Waals surface area contributed by atoms with Gasteiger partial charge in [0.05, 0.1) is 15.5 Å². The van der Waals surface area contributed by atoms with E-state index in [2.05, 4.69) is 0 Å². The number of nitriles is 1. The lowest BCUT2D eigenvalue weighted by Gasteiger charge is -2.26. The molecule has 104 valence electrons. The van der Waals surface area contributed by atoms with Gasteiger partial charge in [0.15, 0.2) is 0 Å².